The zero-order chi connectivity index (χ0) is 13.8. The molecule has 1 rings (SSSR count). The van der Waals surface area contributed by atoms with Crippen molar-refractivity contribution in [1.82, 2.24) is 10.0 Å². The predicted molar refractivity (Wildman–Crippen MR) is 69.9 cm³/mol. The smallest absolute Gasteiger partial charge is 0.240 e. The van der Waals surface area contributed by atoms with Crippen LogP contribution >= 0.6 is 11.6 Å². The molecule has 0 radical (unpaired) electrons. The molecule has 0 heterocycles. The number of hydrogen-bond acceptors (Lipinski definition) is 4. The molecule has 7 heteroatoms. The van der Waals surface area contributed by atoms with E-state index in [-0.39, 0.29) is 28.1 Å². The Morgan fingerprint density at radius 2 is 2.17 bits per heavy atom. The Hall–Kier alpha value is -1.13. The van der Waals surface area contributed by atoms with E-state index in [1.54, 1.807) is 7.05 Å². The minimum absolute atomic E-state index is 0.0219. The summed E-state index contributed by atoms with van der Waals surface area (Å²) in [6.45, 7) is 2.13. The molecule has 1 unspecified atom stereocenters. The first-order valence-corrected chi connectivity index (χ1v) is 7.13. The second-order valence-corrected chi connectivity index (χ2v) is 5.97. The number of rotatable bonds is 5. The van der Waals surface area contributed by atoms with Crippen molar-refractivity contribution in [2.45, 2.75) is 17.9 Å². The Morgan fingerprint density at radius 3 is 2.67 bits per heavy atom. The van der Waals surface area contributed by atoms with E-state index in [0.717, 1.165) is 0 Å². The van der Waals surface area contributed by atoms with Crippen LogP contribution in [0.5, 0.6) is 0 Å². The Balaban J connectivity index is 2.93. The van der Waals surface area contributed by atoms with Gasteiger partial charge in [0.1, 0.15) is 6.07 Å². The molecule has 0 saturated carbocycles. The lowest BCUT2D eigenvalue weighted by atomic mass is 10.2. The van der Waals surface area contributed by atoms with E-state index in [1.807, 2.05) is 13.0 Å². The van der Waals surface area contributed by atoms with Gasteiger partial charge in [-0.2, -0.15) is 5.26 Å². The van der Waals surface area contributed by atoms with Crippen LogP contribution in [-0.2, 0) is 10.0 Å². The van der Waals surface area contributed by atoms with Gasteiger partial charge in [0.25, 0.3) is 0 Å². The van der Waals surface area contributed by atoms with Crippen LogP contribution in [0.1, 0.15) is 12.5 Å². The van der Waals surface area contributed by atoms with Crippen LogP contribution < -0.4 is 10.0 Å². The van der Waals surface area contributed by atoms with Crippen molar-refractivity contribution in [1.29, 1.82) is 5.26 Å². The SMILES string of the molecule is CNC(C)CNS(=O)(=O)c1ccc(C#N)c(Cl)c1. The van der Waals surface area contributed by atoms with E-state index in [9.17, 15) is 8.42 Å². The van der Waals surface area contributed by atoms with Crippen molar-refractivity contribution in [3.8, 4) is 6.07 Å². The summed E-state index contributed by atoms with van der Waals surface area (Å²) < 4.78 is 26.3. The molecule has 0 spiro atoms. The van der Waals surface area contributed by atoms with E-state index < -0.39 is 10.0 Å². The molecule has 5 nitrogen and oxygen atoms in total. The van der Waals surface area contributed by atoms with Crippen LogP contribution in [0.3, 0.4) is 0 Å². The fourth-order valence-corrected chi connectivity index (χ4v) is 2.62. The van der Waals surface area contributed by atoms with Crippen LogP contribution in [0.15, 0.2) is 23.1 Å². The third-order valence-corrected chi connectivity index (χ3v) is 4.18. The summed E-state index contributed by atoms with van der Waals surface area (Å²) in [7, 11) is -1.85. The van der Waals surface area contributed by atoms with Gasteiger partial charge in [0.05, 0.1) is 15.5 Å². The maximum Gasteiger partial charge on any atom is 0.240 e. The van der Waals surface area contributed by atoms with Crippen molar-refractivity contribution < 1.29 is 8.42 Å². The van der Waals surface area contributed by atoms with Gasteiger partial charge in [-0.25, -0.2) is 13.1 Å². The van der Waals surface area contributed by atoms with Crippen LogP contribution in [0.4, 0.5) is 0 Å². The number of benzene rings is 1. The van der Waals surface area contributed by atoms with Gasteiger partial charge >= 0.3 is 0 Å². The fourth-order valence-electron chi connectivity index (χ4n) is 1.17. The van der Waals surface area contributed by atoms with E-state index in [0.29, 0.717) is 0 Å². The minimum Gasteiger partial charge on any atom is -0.316 e. The maximum absolute atomic E-state index is 11.9. The van der Waals surface area contributed by atoms with Gasteiger partial charge in [-0.1, -0.05) is 11.6 Å². The third-order valence-electron chi connectivity index (χ3n) is 2.44. The minimum atomic E-state index is -3.60. The molecule has 98 valence electrons. The summed E-state index contributed by atoms with van der Waals surface area (Å²) in [6, 6.07) is 5.91. The lowest BCUT2D eigenvalue weighted by Gasteiger charge is -2.12. The second-order valence-electron chi connectivity index (χ2n) is 3.80. The van der Waals surface area contributed by atoms with Gasteiger partial charge in [-0.3, -0.25) is 0 Å². The molecule has 0 saturated heterocycles. The van der Waals surface area contributed by atoms with Crippen LogP contribution in [-0.4, -0.2) is 28.1 Å². The molecule has 0 bridgehead atoms. The highest BCUT2D eigenvalue weighted by Crippen LogP contribution is 2.19. The quantitative estimate of drug-likeness (QED) is 0.849. The number of halogens is 1. The fraction of sp³-hybridized carbons (Fsp3) is 0.364. The number of nitrogens with one attached hydrogen (secondary N) is 2. The maximum atomic E-state index is 11.9. The summed E-state index contributed by atoms with van der Waals surface area (Å²) in [6.07, 6.45) is 0. The highest BCUT2D eigenvalue weighted by Gasteiger charge is 2.16. The summed E-state index contributed by atoms with van der Waals surface area (Å²) in [5.74, 6) is 0. The number of nitriles is 1. The standard InChI is InChI=1S/C11H14ClN3O2S/c1-8(14-2)7-15-18(16,17)10-4-3-9(6-13)11(12)5-10/h3-5,8,14-15H,7H2,1-2H3. The van der Waals surface area contributed by atoms with Gasteiger partial charge < -0.3 is 5.32 Å². The molecular weight excluding hydrogens is 274 g/mol. The second kappa shape index (κ2) is 6.16. The molecule has 1 atom stereocenters. The lowest BCUT2D eigenvalue weighted by Crippen LogP contribution is -2.37. The van der Waals surface area contributed by atoms with Gasteiger partial charge in [-0.05, 0) is 32.2 Å². The molecule has 0 amide bonds. The lowest BCUT2D eigenvalue weighted by molar-refractivity contribution is 0.554. The van der Waals surface area contributed by atoms with Crippen molar-refractivity contribution in [3.63, 3.8) is 0 Å². The van der Waals surface area contributed by atoms with Gasteiger partial charge in [-0.15, -0.1) is 0 Å². The first-order chi connectivity index (χ1) is 8.40. The molecule has 1 aromatic rings. The highest BCUT2D eigenvalue weighted by molar-refractivity contribution is 7.89. The molecular formula is C11H14ClN3O2S. The highest BCUT2D eigenvalue weighted by atomic mass is 35.5. The Kier molecular flexibility index (Phi) is 5.11. The first-order valence-electron chi connectivity index (χ1n) is 5.27. The zero-order valence-corrected chi connectivity index (χ0v) is 11.6. The van der Waals surface area contributed by atoms with Crippen molar-refractivity contribution in [3.05, 3.63) is 28.8 Å². The number of likely N-dealkylation sites (N-methyl/N-ethyl adjacent to an activating group) is 1. The van der Waals surface area contributed by atoms with E-state index in [4.69, 9.17) is 16.9 Å². The summed E-state index contributed by atoms with van der Waals surface area (Å²) in [5, 5.41) is 11.8. The van der Waals surface area contributed by atoms with Crippen LogP contribution in [0.2, 0.25) is 5.02 Å². The molecule has 0 fully saturated rings. The van der Waals surface area contributed by atoms with E-state index in [2.05, 4.69) is 10.0 Å². The molecule has 2 N–H and O–H groups in total. The third kappa shape index (κ3) is 3.68. The average molecular weight is 288 g/mol. The largest absolute Gasteiger partial charge is 0.316 e. The Morgan fingerprint density at radius 1 is 1.50 bits per heavy atom. The van der Waals surface area contributed by atoms with E-state index in [1.165, 1.54) is 18.2 Å². The van der Waals surface area contributed by atoms with Crippen LogP contribution in [0, 0.1) is 11.3 Å². The first kappa shape index (κ1) is 14.9. The zero-order valence-electron chi connectivity index (χ0n) is 10.1. The Labute approximate surface area is 112 Å². The van der Waals surface area contributed by atoms with Crippen LogP contribution in [0.25, 0.3) is 0 Å². The van der Waals surface area contributed by atoms with Gasteiger partial charge in [0.2, 0.25) is 10.0 Å². The molecule has 0 aliphatic heterocycles. The molecule has 0 aliphatic carbocycles. The summed E-state index contributed by atoms with van der Waals surface area (Å²) >= 11 is 5.80. The van der Waals surface area contributed by atoms with Gasteiger partial charge in [0, 0.05) is 12.6 Å². The number of sulfonamides is 1. The van der Waals surface area contributed by atoms with E-state index >= 15 is 0 Å². The Bertz CT molecular complexity index is 566. The summed E-state index contributed by atoms with van der Waals surface area (Å²) in [5.41, 5.74) is 0.249. The molecule has 0 aromatic heterocycles. The predicted octanol–water partition coefficient (Wildman–Crippen LogP) is 1.10. The van der Waals surface area contributed by atoms with Crippen molar-refractivity contribution in [2.75, 3.05) is 13.6 Å². The number of hydrogen-bond donors (Lipinski definition) is 2. The normalized spacial score (nSPS) is 13.0. The average Bonchev–Trinajstić information content (AvgIpc) is 2.35. The number of nitrogens with zero attached hydrogens (tertiary/aromatic N) is 1. The molecule has 0 aliphatic rings. The van der Waals surface area contributed by atoms with Crippen molar-refractivity contribution in [2.24, 2.45) is 0 Å². The summed E-state index contributed by atoms with van der Waals surface area (Å²) in [4.78, 5) is 0.0507. The van der Waals surface area contributed by atoms with Gasteiger partial charge in [0.15, 0.2) is 0 Å². The molecule has 1 aromatic carbocycles. The molecule has 18 heavy (non-hydrogen) atoms. The van der Waals surface area contributed by atoms with Crippen molar-refractivity contribution >= 4 is 21.6 Å². The topological polar surface area (TPSA) is 82.0 Å². The monoisotopic (exact) mass is 287 g/mol.